The molecule has 0 spiro atoms. The summed E-state index contributed by atoms with van der Waals surface area (Å²) >= 11 is 0. The van der Waals surface area contributed by atoms with Gasteiger partial charge in [-0.2, -0.15) is 0 Å². The van der Waals surface area contributed by atoms with Crippen LogP contribution in [-0.4, -0.2) is 54.6 Å². The largest absolute Gasteiger partial charge is 0.325 e. The summed E-state index contributed by atoms with van der Waals surface area (Å²) in [5.74, 6) is 0. The Hall–Kier alpha value is -0.770. The molecule has 0 atom stereocenters. The molecule has 4 heteroatoms. The third-order valence-corrected chi connectivity index (χ3v) is 4.09. The number of nitrogens with one attached hydrogen (secondary N) is 1. The molecular formula is C14H27N3O. The molecule has 2 heterocycles. The lowest BCUT2D eigenvalue weighted by molar-refractivity contribution is 0.115. The molecular weight excluding hydrogens is 226 g/mol. The average molecular weight is 253 g/mol. The molecule has 18 heavy (non-hydrogen) atoms. The van der Waals surface area contributed by atoms with Crippen LogP contribution >= 0.6 is 0 Å². The fraction of sp³-hybridized carbons (Fsp3) is 0.929. The van der Waals surface area contributed by atoms with E-state index in [1.807, 2.05) is 0 Å². The van der Waals surface area contributed by atoms with Gasteiger partial charge < -0.3 is 15.1 Å². The Morgan fingerprint density at radius 2 is 1.89 bits per heavy atom. The van der Waals surface area contributed by atoms with Crippen LogP contribution in [0.1, 0.15) is 45.4 Å². The first-order valence-electron chi connectivity index (χ1n) is 7.59. The summed E-state index contributed by atoms with van der Waals surface area (Å²) in [6.07, 6.45) is 6.92. The molecule has 0 aliphatic carbocycles. The minimum Gasteiger partial charge on any atom is -0.325 e. The second kappa shape index (κ2) is 6.98. The molecule has 2 aliphatic rings. The minimum atomic E-state index is 0.295. The number of nitrogens with zero attached hydrogens (tertiary/aromatic N) is 2. The van der Waals surface area contributed by atoms with E-state index >= 15 is 0 Å². The summed E-state index contributed by atoms with van der Waals surface area (Å²) in [6.45, 7) is 7.11. The van der Waals surface area contributed by atoms with Crippen molar-refractivity contribution in [2.45, 2.75) is 51.5 Å². The molecule has 0 saturated carbocycles. The smallest absolute Gasteiger partial charge is 0.320 e. The molecule has 0 radical (unpaired) electrons. The van der Waals surface area contributed by atoms with E-state index in [0.29, 0.717) is 12.1 Å². The lowest BCUT2D eigenvalue weighted by atomic mass is 10.0. The molecule has 2 rings (SSSR count). The van der Waals surface area contributed by atoms with Gasteiger partial charge in [-0.15, -0.1) is 0 Å². The standard InChI is InChI=1S/C14H27N3O/c1-2-10-17(13-6-8-15-9-7-13)14(18)16-11-4-3-5-12-16/h13,15H,2-12H2,1H3. The van der Waals surface area contributed by atoms with Gasteiger partial charge in [0.2, 0.25) is 0 Å². The first-order chi connectivity index (χ1) is 8.83. The molecule has 0 bridgehead atoms. The SMILES string of the molecule is CCCN(C(=O)N1CCCCC1)C1CCNCC1. The van der Waals surface area contributed by atoms with Crippen LogP contribution in [0, 0.1) is 0 Å². The zero-order valence-corrected chi connectivity index (χ0v) is 11.7. The van der Waals surface area contributed by atoms with Gasteiger partial charge in [0.05, 0.1) is 0 Å². The highest BCUT2D eigenvalue weighted by atomic mass is 16.2. The van der Waals surface area contributed by atoms with Gasteiger partial charge in [-0.1, -0.05) is 6.92 Å². The van der Waals surface area contributed by atoms with Crippen molar-refractivity contribution in [3.05, 3.63) is 0 Å². The second-order valence-electron chi connectivity index (χ2n) is 5.50. The number of urea groups is 1. The van der Waals surface area contributed by atoms with Gasteiger partial charge in [0.25, 0.3) is 0 Å². The number of hydrogen-bond acceptors (Lipinski definition) is 2. The van der Waals surface area contributed by atoms with Crippen molar-refractivity contribution in [3.63, 3.8) is 0 Å². The Bertz CT molecular complexity index is 258. The third kappa shape index (κ3) is 3.37. The number of rotatable bonds is 3. The molecule has 0 aromatic heterocycles. The van der Waals surface area contributed by atoms with Crippen molar-refractivity contribution >= 4 is 6.03 Å². The number of carbonyl (C=O) groups excluding carboxylic acids is 1. The van der Waals surface area contributed by atoms with Crippen molar-refractivity contribution in [1.82, 2.24) is 15.1 Å². The number of amides is 2. The highest BCUT2D eigenvalue weighted by Gasteiger charge is 2.28. The quantitative estimate of drug-likeness (QED) is 0.835. The molecule has 0 aromatic rings. The maximum atomic E-state index is 12.6. The summed E-state index contributed by atoms with van der Waals surface area (Å²) in [4.78, 5) is 16.8. The predicted molar refractivity (Wildman–Crippen MR) is 73.7 cm³/mol. The van der Waals surface area contributed by atoms with Crippen LogP contribution in [0.5, 0.6) is 0 Å². The molecule has 4 nitrogen and oxygen atoms in total. The molecule has 2 amide bonds. The van der Waals surface area contributed by atoms with Crippen LogP contribution in [0.4, 0.5) is 4.79 Å². The van der Waals surface area contributed by atoms with E-state index in [9.17, 15) is 4.79 Å². The molecule has 2 fully saturated rings. The molecule has 1 N–H and O–H groups in total. The molecule has 0 unspecified atom stereocenters. The van der Waals surface area contributed by atoms with Crippen molar-refractivity contribution in [1.29, 1.82) is 0 Å². The summed E-state index contributed by atoms with van der Waals surface area (Å²) in [5, 5.41) is 3.38. The highest BCUT2D eigenvalue weighted by Crippen LogP contribution is 2.17. The van der Waals surface area contributed by atoms with Gasteiger partial charge in [-0.3, -0.25) is 0 Å². The fourth-order valence-corrected chi connectivity index (χ4v) is 3.06. The Kier molecular flexibility index (Phi) is 5.29. The number of piperidine rings is 2. The number of likely N-dealkylation sites (tertiary alicyclic amines) is 1. The van der Waals surface area contributed by atoms with E-state index in [0.717, 1.165) is 52.0 Å². The van der Waals surface area contributed by atoms with Crippen molar-refractivity contribution < 1.29 is 4.79 Å². The van der Waals surface area contributed by atoms with Crippen LogP contribution in [0.25, 0.3) is 0 Å². The predicted octanol–water partition coefficient (Wildman–Crippen LogP) is 2.06. The minimum absolute atomic E-state index is 0.295. The second-order valence-corrected chi connectivity index (χ2v) is 5.50. The summed E-state index contributed by atoms with van der Waals surface area (Å²) in [5.41, 5.74) is 0. The maximum absolute atomic E-state index is 12.6. The van der Waals surface area contributed by atoms with Crippen molar-refractivity contribution in [3.8, 4) is 0 Å². The Morgan fingerprint density at radius 3 is 2.50 bits per heavy atom. The third-order valence-electron chi connectivity index (χ3n) is 4.09. The zero-order chi connectivity index (χ0) is 12.8. The lowest BCUT2D eigenvalue weighted by Gasteiger charge is -2.39. The topological polar surface area (TPSA) is 35.6 Å². The normalized spacial score (nSPS) is 21.9. The van der Waals surface area contributed by atoms with E-state index in [1.54, 1.807) is 0 Å². The van der Waals surface area contributed by atoms with Crippen LogP contribution in [0.2, 0.25) is 0 Å². The van der Waals surface area contributed by atoms with Gasteiger partial charge >= 0.3 is 6.03 Å². The average Bonchev–Trinajstić information content (AvgIpc) is 2.46. The summed E-state index contributed by atoms with van der Waals surface area (Å²) in [6, 6.07) is 0.754. The van der Waals surface area contributed by atoms with Gasteiger partial charge in [0.1, 0.15) is 0 Å². The number of carbonyl (C=O) groups is 1. The van der Waals surface area contributed by atoms with E-state index in [-0.39, 0.29) is 0 Å². The zero-order valence-electron chi connectivity index (χ0n) is 11.7. The van der Waals surface area contributed by atoms with E-state index < -0.39 is 0 Å². The molecule has 2 saturated heterocycles. The van der Waals surface area contributed by atoms with Gasteiger partial charge in [-0.05, 0) is 51.6 Å². The maximum Gasteiger partial charge on any atom is 0.320 e. The Morgan fingerprint density at radius 1 is 1.22 bits per heavy atom. The fourth-order valence-electron chi connectivity index (χ4n) is 3.06. The monoisotopic (exact) mass is 253 g/mol. The number of hydrogen-bond donors (Lipinski definition) is 1. The first kappa shape index (κ1) is 13.7. The van der Waals surface area contributed by atoms with Crippen LogP contribution in [-0.2, 0) is 0 Å². The highest BCUT2D eigenvalue weighted by molar-refractivity contribution is 5.75. The van der Waals surface area contributed by atoms with Gasteiger partial charge in [0, 0.05) is 25.7 Å². The van der Waals surface area contributed by atoms with Crippen molar-refractivity contribution in [2.75, 3.05) is 32.7 Å². The van der Waals surface area contributed by atoms with Gasteiger partial charge in [0.15, 0.2) is 0 Å². The Labute approximate surface area is 111 Å². The summed E-state index contributed by atoms with van der Waals surface area (Å²) in [7, 11) is 0. The Balaban J connectivity index is 1.96. The van der Waals surface area contributed by atoms with Crippen molar-refractivity contribution in [2.24, 2.45) is 0 Å². The lowest BCUT2D eigenvalue weighted by Crippen LogP contribution is -2.52. The van der Waals surface area contributed by atoms with Crippen LogP contribution in [0.3, 0.4) is 0 Å². The van der Waals surface area contributed by atoms with E-state index in [2.05, 4.69) is 22.0 Å². The van der Waals surface area contributed by atoms with E-state index in [1.165, 1.54) is 19.3 Å². The molecule has 2 aliphatic heterocycles. The van der Waals surface area contributed by atoms with Gasteiger partial charge in [-0.25, -0.2) is 4.79 Å². The first-order valence-corrected chi connectivity index (χ1v) is 7.59. The molecule has 104 valence electrons. The van der Waals surface area contributed by atoms with E-state index in [4.69, 9.17) is 0 Å². The van der Waals surface area contributed by atoms with Crippen LogP contribution < -0.4 is 5.32 Å². The molecule has 0 aromatic carbocycles. The summed E-state index contributed by atoms with van der Waals surface area (Å²) < 4.78 is 0. The van der Waals surface area contributed by atoms with Crippen LogP contribution in [0.15, 0.2) is 0 Å².